The SMILES string of the molecule is O=C(O)N1CCN(C(=O)c2ccccc2C(F)(F)F)CC1. The Hall–Kier alpha value is -2.25. The van der Waals surface area contributed by atoms with Gasteiger partial charge in [0.05, 0.1) is 11.1 Å². The van der Waals surface area contributed by atoms with E-state index in [9.17, 15) is 22.8 Å². The van der Waals surface area contributed by atoms with Crippen LogP contribution in [0.2, 0.25) is 0 Å². The molecule has 5 nitrogen and oxygen atoms in total. The highest BCUT2D eigenvalue weighted by molar-refractivity contribution is 5.96. The summed E-state index contributed by atoms with van der Waals surface area (Å²) in [5, 5.41) is 8.80. The molecule has 2 amide bonds. The summed E-state index contributed by atoms with van der Waals surface area (Å²) in [5.74, 6) is -0.729. The van der Waals surface area contributed by atoms with E-state index in [0.717, 1.165) is 17.0 Å². The second-order valence-electron chi connectivity index (χ2n) is 4.61. The Morgan fingerprint density at radius 1 is 1.00 bits per heavy atom. The number of nitrogens with zero attached hydrogens (tertiary/aromatic N) is 2. The third-order valence-electron chi connectivity index (χ3n) is 3.30. The van der Waals surface area contributed by atoms with E-state index in [1.807, 2.05) is 0 Å². The van der Waals surface area contributed by atoms with Crippen LogP contribution in [0, 0.1) is 0 Å². The van der Waals surface area contributed by atoms with Gasteiger partial charge < -0.3 is 14.9 Å². The Morgan fingerprint density at radius 3 is 2.05 bits per heavy atom. The molecule has 1 aromatic rings. The van der Waals surface area contributed by atoms with Gasteiger partial charge in [0, 0.05) is 26.2 Å². The van der Waals surface area contributed by atoms with Crippen molar-refractivity contribution in [3.8, 4) is 0 Å². The van der Waals surface area contributed by atoms with Gasteiger partial charge in [-0.2, -0.15) is 13.2 Å². The average Bonchev–Trinajstić information content (AvgIpc) is 2.45. The summed E-state index contributed by atoms with van der Waals surface area (Å²) in [4.78, 5) is 25.3. The van der Waals surface area contributed by atoms with Crippen LogP contribution in [0.4, 0.5) is 18.0 Å². The maximum absolute atomic E-state index is 12.9. The fourth-order valence-corrected chi connectivity index (χ4v) is 2.19. The zero-order valence-corrected chi connectivity index (χ0v) is 10.9. The molecule has 2 rings (SSSR count). The fraction of sp³-hybridized carbons (Fsp3) is 0.385. The van der Waals surface area contributed by atoms with E-state index < -0.39 is 29.3 Å². The fourth-order valence-electron chi connectivity index (χ4n) is 2.19. The number of carboxylic acid groups (broad SMARTS) is 1. The minimum atomic E-state index is -4.60. The maximum atomic E-state index is 12.9. The number of hydrogen-bond acceptors (Lipinski definition) is 2. The van der Waals surface area contributed by atoms with Crippen LogP contribution in [0.25, 0.3) is 0 Å². The monoisotopic (exact) mass is 302 g/mol. The Labute approximate surface area is 118 Å². The van der Waals surface area contributed by atoms with Crippen molar-refractivity contribution in [3.05, 3.63) is 35.4 Å². The van der Waals surface area contributed by atoms with Gasteiger partial charge in [0.1, 0.15) is 0 Å². The highest BCUT2D eigenvalue weighted by atomic mass is 19.4. The number of alkyl halides is 3. The van der Waals surface area contributed by atoms with Crippen LogP contribution in [0.1, 0.15) is 15.9 Å². The van der Waals surface area contributed by atoms with Gasteiger partial charge in [0.25, 0.3) is 5.91 Å². The van der Waals surface area contributed by atoms with Gasteiger partial charge in [-0.15, -0.1) is 0 Å². The number of carbonyl (C=O) groups excluding carboxylic acids is 1. The van der Waals surface area contributed by atoms with Crippen LogP contribution in [0.5, 0.6) is 0 Å². The maximum Gasteiger partial charge on any atom is 0.417 e. The lowest BCUT2D eigenvalue weighted by Crippen LogP contribution is -2.50. The first-order valence-corrected chi connectivity index (χ1v) is 6.24. The quantitative estimate of drug-likeness (QED) is 0.864. The molecule has 0 saturated carbocycles. The number of hydrogen-bond donors (Lipinski definition) is 1. The lowest BCUT2D eigenvalue weighted by atomic mass is 10.1. The molecule has 1 N–H and O–H groups in total. The summed E-state index contributed by atoms with van der Waals surface area (Å²) >= 11 is 0. The summed E-state index contributed by atoms with van der Waals surface area (Å²) in [6.07, 6.45) is -5.70. The Bertz CT molecular complexity index is 552. The Kier molecular flexibility index (Phi) is 4.06. The number of rotatable bonds is 1. The zero-order chi connectivity index (χ0) is 15.6. The first-order chi connectivity index (χ1) is 9.80. The summed E-state index contributed by atoms with van der Waals surface area (Å²) in [7, 11) is 0. The van der Waals surface area contributed by atoms with Gasteiger partial charge in [-0.05, 0) is 12.1 Å². The van der Waals surface area contributed by atoms with E-state index in [-0.39, 0.29) is 26.2 Å². The Balaban J connectivity index is 2.17. The average molecular weight is 302 g/mol. The van der Waals surface area contributed by atoms with Crippen molar-refractivity contribution in [2.45, 2.75) is 6.18 Å². The molecule has 1 fully saturated rings. The van der Waals surface area contributed by atoms with Crippen molar-refractivity contribution in [2.75, 3.05) is 26.2 Å². The molecule has 1 aliphatic heterocycles. The largest absolute Gasteiger partial charge is 0.465 e. The first-order valence-electron chi connectivity index (χ1n) is 6.24. The van der Waals surface area contributed by atoms with Crippen LogP contribution in [-0.4, -0.2) is 53.1 Å². The molecule has 0 radical (unpaired) electrons. The van der Waals surface area contributed by atoms with Crippen molar-refractivity contribution in [1.29, 1.82) is 0 Å². The third-order valence-corrected chi connectivity index (χ3v) is 3.30. The lowest BCUT2D eigenvalue weighted by Gasteiger charge is -2.33. The summed E-state index contributed by atoms with van der Waals surface area (Å²) in [6, 6.07) is 4.59. The molecule has 0 unspecified atom stereocenters. The normalized spacial score (nSPS) is 16.0. The molecular formula is C13H13F3N2O3. The summed E-state index contributed by atoms with van der Waals surface area (Å²) < 4.78 is 38.7. The number of benzene rings is 1. The van der Waals surface area contributed by atoms with Gasteiger partial charge in [-0.3, -0.25) is 4.79 Å². The molecule has 114 valence electrons. The zero-order valence-electron chi connectivity index (χ0n) is 10.9. The van der Waals surface area contributed by atoms with Crippen molar-refractivity contribution < 1.29 is 27.9 Å². The Morgan fingerprint density at radius 2 is 1.52 bits per heavy atom. The minimum absolute atomic E-state index is 0.0807. The van der Waals surface area contributed by atoms with Crippen molar-refractivity contribution in [1.82, 2.24) is 9.80 Å². The predicted molar refractivity (Wildman–Crippen MR) is 66.9 cm³/mol. The lowest BCUT2D eigenvalue weighted by molar-refractivity contribution is -0.138. The number of piperazine rings is 1. The van der Waals surface area contributed by atoms with Crippen LogP contribution >= 0.6 is 0 Å². The molecule has 1 heterocycles. The second kappa shape index (κ2) is 5.63. The van der Waals surface area contributed by atoms with Crippen LogP contribution in [-0.2, 0) is 6.18 Å². The van der Waals surface area contributed by atoms with Crippen LogP contribution < -0.4 is 0 Å². The highest BCUT2D eigenvalue weighted by Gasteiger charge is 2.36. The number of carbonyl (C=O) groups is 2. The molecule has 21 heavy (non-hydrogen) atoms. The van der Waals surface area contributed by atoms with Crippen molar-refractivity contribution >= 4 is 12.0 Å². The molecule has 0 aliphatic carbocycles. The molecule has 0 atom stereocenters. The topological polar surface area (TPSA) is 60.9 Å². The molecule has 1 aromatic carbocycles. The molecular weight excluding hydrogens is 289 g/mol. The molecule has 1 saturated heterocycles. The molecule has 8 heteroatoms. The van der Waals surface area contributed by atoms with Gasteiger partial charge >= 0.3 is 12.3 Å². The molecule has 0 aromatic heterocycles. The summed E-state index contributed by atoms with van der Waals surface area (Å²) in [5.41, 5.74) is -1.38. The summed E-state index contributed by atoms with van der Waals surface area (Å²) in [6.45, 7) is 0.346. The van der Waals surface area contributed by atoms with E-state index in [4.69, 9.17) is 5.11 Å². The standard InChI is InChI=1S/C13H13F3N2O3/c14-13(15,16)10-4-2-1-3-9(10)11(19)17-5-7-18(8-6-17)12(20)21/h1-4H,5-8H2,(H,20,21). The van der Waals surface area contributed by atoms with Crippen LogP contribution in [0.15, 0.2) is 24.3 Å². The second-order valence-corrected chi connectivity index (χ2v) is 4.61. The number of amides is 2. The van der Waals surface area contributed by atoms with Gasteiger partial charge in [-0.25, -0.2) is 4.79 Å². The van der Waals surface area contributed by atoms with Crippen molar-refractivity contribution in [2.24, 2.45) is 0 Å². The highest BCUT2D eigenvalue weighted by Crippen LogP contribution is 2.32. The van der Waals surface area contributed by atoms with E-state index in [2.05, 4.69) is 0 Å². The van der Waals surface area contributed by atoms with Crippen LogP contribution in [0.3, 0.4) is 0 Å². The predicted octanol–water partition coefficient (Wildman–Crippen LogP) is 2.14. The minimum Gasteiger partial charge on any atom is -0.465 e. The van der Waals surface area contributed by atoms with Gasteiger partial charge in [0.2, 0.25) is 0 Å². The third kappa shape index (κ3) is 3.26. The van der Waals surface area contributed by atoms with E-state index in [1.165, 1.54) is 17.0 Å². The van der Waals surface area contributed by atoms with Gasteiger partial charge in [0.15, 0.2) is 0 Å². The van der Waals surface area contributed by atoms with E-state index in [0.29, 0.717) is 0 Å². The van der Waals surface area contributed by atoms with Gasteiger partial charge in [-0.1, -0.05) is 12.1 Å². The van der Waals surface area contributed by atoms with E-state index >= 15 is 0 Å². The first kappa shape index (κ1) is 15.1. The van der Waals surface area contributed by atoms with E-state index in [1.54, 1.807) is 0 Å². The molecule has 0 spiro atoms. The van der Waals surface area contributed by atoms with Crippen molar-refractivity contribution in [3.63, 3.8) is 0 Å². The number of halogens is 3. The molecule has 0 bridgehead atoms. The molecule has 1 aliphatic rings. The smallest absolute Gasteiger partial charge is 0.417 e.